The Morgan fingerprint density at radius 3 is 2.09 bits per heavy atom. The van der Waals surface area contributed by atoms with Gasteiger partial charge in [-0.15, -0.1) is 0 Å². The summed E-state index contributed by atoms with van der Waals surface area (Å²) in [6.45, 7) is 0.983. The number of benzene rings is 3. The molecular formula is C22H16Cl3F3N2O3S. The fraction of sp³-hybridized carbons (Fsp3) is 0.136. The molecule has 12 heteroatoms. The molecule has 180 valence electrons. The molecule has 1 amide bonds. The van der Waals surface area contributed by atoms with Gasteiger partial charge in [0, 0.05) is 10.0 Å². The maximum Gasteiger partial charge on any atom is 0.416 e. The molecule has 3 aromatic rings. The largest absolute Gasteiger partial charge is 0.416 e. The zero-order valence-electron chi connectivity index (χ0n) is 17.3. The molecule has 0 fully saturated rings. The molecule has 0 aliphatic rings. The van der Waals surface area contributed by atoms with Crippen LogP contribution in [-0.2, 0) is 21.0 Å². The molecule has 0 spiro atoms. The molecule has 3 aromatic carbocycles. The first kappa shape index (κ1) is 26.2. The number of halogens is 6. The molecule has 0 saturated carbocycles. The van der Waals surface area contributed by atoms with E-state index in [1.807, 2.05) is 0 Å². The Hall–Kier alpha value is -2.46. The average molecular weight is 552 g/mol. The second-order valence-corrected chi connectivity index (χ2v) is 10.3. The minimum absolute atomic E-state index is 0.0108. The number of carbonyl (C=O) groups is 1. The highest BCUT2D eigenvalue weighted by Crippen LogP contribution is 2.34. The lowest BCUT2D eigenvalue weighted by Gasteiger charge is -2.25. The smallest absolute Gasteiger partial charge is 0.323 e. The number of carbonyl (C=O) groups excluding carboxylic acids is 1. The number of aryl methyl sites for hydroxylation is 1. The predicted octanol–water partition coefficient (Wildman–Crippen LogP) is 6.81. The monoisotopic (exact) mass is 550 g/mol. The topological polar surface area (TPSA) is 66.5 Å². The van der Waals surface area contributed by atoms with E-state index in [-0.39, 0.29) is 31.3 Å². The van der Waals surface area contributed by atoms with E-state index < -0.39 is 34.2 Å². The van der Waals surface area contributed by atoms with Gasteiger partial charge in [0.05, 0.1) is 26.9 Å². The van der Waals surface area contributed by atoms with Gasteiger partial charge in [0.15, 0.2) is 0 Å². The summed E-state index contributed by atoms with van der Waals surface area (Å²) < 4.78 is 66.7. The summed E-state index contributed by atoms with van der Waals surface area (Å²) in [6, 6.07) is 12.3. The molecule has 1 N–H and O–H groups in total. The molecule has 0 aromatic heterocycles. The van der Waals surface area contributed by atoms with Crippen molar-refractivity contribution in [3.8, 4) is 0 Å². The summed E-state index contributed by atoms with van der Waals surface area (Å²) in [5.74, 6) is -0.937. The standard InChI is InChI=1S/C22H16Cl3F3N2O3S/c1-13-2-5-18(6-3-13)34(32,33)30(17-10-15(23)9-16(24)11-17)12-21(31)29-20-8-14(22(26,27)28)4-7-19(20)25/h2-11H,12H2,1H3,(H,29,31). The SMILES string of the molecule is Cc1ccc(S(=O)(=O)N(CC(=O)Nc2cc(C(F)(F)F)ccc2Cl)c2cc(Cl)cc(Cl)c2)cc1. The van der Waals surface area contributed by atoms with Crippen LogP contribution in [0.3, 0.4) is 0 Å². The second-order valence-electron chi connectivity index (χ2n) is 7.19. The number of nitrogens with zero attached hydrogens (tertiary/aromatic N) is 1. The van der Waals surface area contributed by atoms with Gasteiger partial charge in [-0.05, 0) is 55.5 Å². The third kappa shape index (κ3) is 6.15. The summed E-state index contributed by atoms with van der Waals surface area (Å²) in [7, 11) is -4.29. The minimum Gasteiger partial charge on any atom is -0.323 e. The number of hydrogen-bond donors (Lipinski definition) is 1. The van der Waals surface area contributed by atoms with Crippen molar-refractivity contribution in [3.05, 3.63) is 86.9 Å². The minimum atomic E-state index is -4.66. The molecule has 3 rings (SSSR count). The number of anilines is 2. The van der Waals surface area contributed by atoms with Crippen molar-refractivity contribution in [2.75, 3.05) is 16.2 Å². The Bertz CT molecular complexity index is 1310. The van der Waals surface area contributed by atoms with Crippen LogP contribution >= 0.6 is 34.8 Å². The van der Waals surface area contributed by atoms with Crippen molar-refractivity contribution in [3.63, 3.8) is 0 Å². The number of alkyl halides is 3. The Morgan fingerprint density at radius 1 is 0.941 bits per heavy atom. The van der Waals surface area contributed by atoms with Crippen molar-refractivity contribution >= 4 is 62.1 Å². The van der Waals surface area contributed by atoms with Crippen LogP contribution in [0.1, 0.15) is 11.1 Å². The van der Waals surface area contributed by atoms with Crippen LogP contribution in [0, 0.1) is 6.92 Å². The normalized spacial score (nSPS) is 11.9. The van der Waals surface area contributed by atoms with E-state index in [1.54, 1.807) is 19.1 Å². The molecule has 34 heavy (non-hydrogen) atoms. The molecule has 0 heterocycles. The Balaban J connectivity index is 2.00. The molecule has 0 atom stereocenters. The number of hydrogen-bond acceptors (Lipinski definition) is 3. The van der Waals surface area contributed by atoms with Gasteiger partial charge in [-0.2, -0.15) is 13.2 Å². The lowest BCUT2D eigenvalue weighted by atomic mass is 10.2. The highest BCUT2D eigenvalue weighted by atomic mass is 35.5. The van der Waals surface area contributed by atoms with Crippen LogP contribution in [0.4, 0.5) is 24.5 Å². The fourth-order valence-corrected chi connectivity index (χ4v) is 5.04. The van der Waals surface area contributed by atoms with E-state index in [9.17, 15) is 26.4 Å². The number of sulfonamides is 1. The Labute approximate surface area is 209 Å². The summed E-state index contributed by atoms with van der Waals surface area (Å²) >= 11 is 18.0. The van der Waals surface area contributed by atoms with Gasteiger partial charge < -0.3 is 5.32 Å². The first-order valence-electron chi connectivity index (χ1n) is 9.49. The molecule has 0 aliphatic carbocycles. The molecule has 0 aliphatic heterocycles. The Kier molecular flexibility index (Phi) is 7.72. The van der Waals surface area contributed by atoms with Crippen LogP contribution in [0.2, 0.25) is 15.1 Å². The molecule has 5 nitrogen and oxygen atoms in total. The first-order chi connectivity index (χ1) is 15.8. The van der Waals surface area contributed by atoms with Crippen LogP contribution in [0.25, 0.3) is 0 Å². The Morgan fingerprint density at radius 2 is 1.53 bits per heavy atom. The number of nitrogens with one attached hydrogen (secondary N) is 1. The zero-order valence-corrected chi connectivity index (χ0v) is 20.4. The predicted molar refractivity (Wildman–Crippen MR) is 127 cm³/mol. The van der Waals surface area contributed by atoms with E-state index in [0.717, 1.165) is 22.0 Å². The van der Waals surface area contributed by atoms with Crippen LogP contribution in [0.15, 0.2) is 65.6 Å². The maximum atomic E-state index is 13.4. The molecule has 0 bridgehead atoms. The zero-order chi connectivity index (χ0) is 25.3. The van der Waals surface area contributed by atoms with Crippen molar-refractivity contribution in [2.45, 2.75) is 18.0 Å². The van der Waals surface area contributed by atoms with Crippen LogP contribution < -0.4 is 9.62 Å². The van der Waals surface area contributed by atoms with Crippen LogP contribution in [0.5, 0.6) is 0 Å². The summed E-state index contributed by atoms with van der Waals surface area (Å²) in [6.07, 6.45) is -4.66. The number of amides is 1. The quantitative estimate of drug-likeness (QED) is 0.366. The van der Waals surface area contributed by atoms with E-state index in [4.69, 9.17) is 34.8 Å². The summed E-state index contributed by atoms with van der Waals surface area (Å²) in [4.78, 5) is 12.7. The fourth-order valence-electron chi connectivity index (χ4n) is 2.95. The molecule has 0 unspecified atom stereocenters. The van der Waals surface area contributed by atoms with Crippen molar-refractivity contribution in [1.29, 1.82) is 0 Å². The van der Waals surface area contributed by atoms with Gasteiger partial charge in [0.25, 0.3) is 10.0 Å². The van der Waals surface area contributed by atoms with E-state index in [0.29, 0.717) is 6.07 Å². The first-order valence-corrected chi connectivity index (χ1v) is 12.1. The van der Waals surface area contributed by atoms with Crippen molar-refractivity contribution in [1.82, 2.24) is 0 Å². The summed E-state index contributed by atoms with van der Waals surface area (Å²) in [5, 5.41) is 2.33. The third-order valence-corrected chi connectivity index (χ3v) is 7.15. The maximum absolute atomic E-state index is 13.4. The lowest BCUT2D eigenvalue weighted by molar-refractivity contribution is -0.137. The van der Waals surface area contributed by atoms with Crippen molar-refractivity contribution < 1.29 is 26.4 Å². The molecular weight excluding hydrogens is 536 g/mol. The lowest BCUT2D eigenvalue weighted by Crippen LogP contribution is -2.38. The van der Waals surface area contributed by atoms with Crippen LogP contribution in [-0.4, -0.2) is 20.9 Å². The number of rotatable bonds is 6. The van der Waals surface area contributed by atoms with Gasteiger partial charge in [0.1, 0.15) is 6.54 Å². The van der Waals surface area contributed by atoms with Gasteiger partial charge >= 0.3 is 6.18 Å². The van der Waals surface area contributed by atoms with Gasteiger partial charge in [-0.3, -0.25) is 9.10 Å². The van der Waals surface area contributed by atoms with E-state index in [1.165, 1.54) is 30.3 Å². The summed E-state index contributed by atoms with van der Waals surface area (Å²) in [5.41, 5.74) is -0.548. The van der Waals surface area contributed by atoms with Gasteiger partial charge in [-0.25, -0.2) is 8.42 Å². The molecule has 0 saturated heterocycles. The average Bonchev–Trinajstić information content (AvgIpc) is 2.72. The van der Waals surface area contributed by atoms with E-state index >= 15 is 0 Å². The highest BCUT2D eigenvalue weighted by Gasteiger charge is 2.32. The second kappa shape index (κ2) is 10.0. The third-order valence-electron chi connectivity index (χ3n) is 4.60. The van der Waals surface area contributed by atoms with E-state index in [2.05, 4.69) is 5.32 Å². The van der Waals surface area contributed by atoms with Gasteiger partial charge in [0.2, 0.25) is 5.91 Å². The van der Waals surface area contributed by atoms with Crippen molar-refractivity contribution in [2.24, 2.45) is 0 Å². The highest BCUT2D eigenvalue weighted by molar-refractivity contribution is 7.92. The molecule has 0 radical (unpaired) electrons. The van der Waals surface area contributed by atoms with Gasteiger partial charge in [-0.1, -0.05) is 52.5 Å².